The summed E-state index contributed by atoms with van der Waals surface area (Å²) in [5.41, 5.74) is 0.740. The molecule has 0 fully saturated rings. The number of nitrogens with zero attached hydrogens (tertiary/aromatic N) is 2. The normalized spacial score (nSPS) is 10.5. The van der Waals surface area contributed by atoms with E-state index in [9.17, 15) is 4.79 Å². The van der Waals surface area contributed by atoms with Gasteiger partial charge in [-0.2, -0.15) is 0 Å². The van der Waals surface area contributed by atoms with Crippen molar-refractivity contribution in [3.63, 3.8) is 0 Å². The third kappa shape index (κ3) is 3.97. The highest BCUT2D eigenvalue weighted by atomic mass is 16.5. The van der Waals surface area contributed by atoms with Crippen LogP contribution in [0.25, 0.3) is 11.7 Å². The molecule has 0 radical (unpaired) electrons. The second-order valence-electron chi connectivity index (χ2n) is 5.01. The molecule has 0 saturated carbocycles. The van der Waals surface area contributed by atoms with Gasteiger partial charge in [0.25, 0.3) is 11.8 Å². The number of furan rings is 1. The van der Waals surface area contributed by atoms with E-state index < -0.39 is 5.97 Å². The Morgan fingerprint density at radius 2 is 1.96 bits per heavy atom. The molecule has 1 aromatic carbocycles. The fraction of sp³-hybridized carbons (Fsp3) is 0.235. The number of carbonyl (C=O) groups excluding carboxylic acids is 1. The Balaban J connectivity index is 1.56. The number of aromatic nitrogens is 2. The van der Waals surface area contributed by atoms with Gasteiger partial charge in [-0.15, -0.1) is 10.2 Å². The number of carbonyl (C=O) groups is 1. The molecule has 0 aliphatic rings. The van der Waals surface area contributed by atoms with Crippen LogP contribution in [0.2, 0.25) is 0 Å². The fourth-order valence-electron chi connectivity index (χ4n) is 2.16. The van der Waals surface area contributed by atoms with Crippen LogP contribution in [-0.4, -0.2) is 30.4 Å². The molecule has 8 nitrogen and oxygen atoms in total. The van der Waals surface area contributed by atoms with Crippen LogP contribution in [0, 0.1) is 0 Å². The van der Waals surface area contributed by atoms with Gasteiger partial charge in [-0.3, -0.25) is 4.79 Å². The highest BCUT2D eigenvalue weighted by Gasteiger charge is 2.14. The van der Waals surface area contributed by atoms with Crippen molar-refractivity contribution < 1.29 is 27.8 Å². The summed E-state index contributed by atoms with van der Waals surface area (Å²) in [6.45, 7) is -0.111. The van der Waals surface area contributed by atoms with Crippen molar-refractivity contribution in [3.05, 3.63) is 48.0 Å². The average Bonchev–Trinajstić information content (AvgIpc) is 3.31. The van der Waals surface area contributed by atoms with E-state index in [4.69, 9.17) is 23.0 Å². The third-order valence-electron chi connectivity index (χ3n) is 3.35. The Bertz CT molecular complexity index is 841. The Morgan fingerprint density at radius 3 is 2.68 bits per heavy atom. The molecule has 130 valence electrons. The van der Waals surface area contributed by atoms with Gasteiger partial charge < -0.3 is 23.0 Å². The van der Waals surface area contributed by atoms with Crippen molar-refractivity contribution in [2.24, 2.45) is 0 Å². The largest absolute Gasteiger partial charge is 0.493 e. The van der Waals surface area contributed by atoms with Crippen LogP contribution in [0.15, 0.2) is 45.4 Å². The molecular formula is C17H16N2O6. The van der Waals surface area contributed by atoms with E-state index in [1.165, 1.54) is 13.4 Å². The quantitative estimate of drug-likeness (QED) is 0.603. The Hall–Kier alpha value is -3.29. The van der Waals surface area contributed by atoms with E-state index >= 15 is 0 Å². The van der Waals surface area contributed by atoms with Gasteiger partial charge in [0, 0.05) is 0 Å². The Labute approximate surface area is 143 Å². The van der Waals surface area contributed by atoms with E-state index in [0.29, 0.717) is 17.3 Å². The molecule has 0 saturated heterocycles. The van der Waals surface area contributed by atoms with Crippen LogP contribution < -0.4 is 9.47 Å². The lowest BCUT2D eigenvalue weighted by molar-refractivity contribution is -0.144. The van der Waals surface area contributed by atoms with Gasteiger partial charge in [-0.1, -0.05) is 6.07 Å². The molecule has 0 aliphatic carbocycles. The Morgan fingerprint density at radius 1 is 1.12 bits per heavy atom. The van der Waals surface area contributed by atoms with Crippen LogP contribution in [-0.2, 0) is 22.6 Å². The van der Waals surface area contributed by atoms with Crippen molar-refractivity contribution in [3.8, 4) is 23.1 Å². The molecule has 0 atom stereocenters. The number of esters is 1. The zero-order valence-corrected chi connectivity index (χ0v) is 13.7. The average molecular weight is 344 g/mol. The predicted octanol–water partition coefficient (Wildman–Crippen LogP) is 2.63. The lowest BCUT2D eigenvalue weighted by Gasteiger charge is -2.09. The number of hydrogen-bond donors (Lipinski definition) is 0. The van der Waals surface area contributed by atoms with Gasteiger partial charge in [0.1, 0.15) is 0 Å². The second-order valence-corrected chi connectivity index (χ2v) is 5.01. The number of benzene rings is 1. The Kier molecular flexibility index (Phi) is 4.98. The standard InChI is InChI=1S/C17H16N2O6/c1-21-12-6-5-11(8-14(12)22-2)9-16(20)24-10-15-18-19-17(25-15)13-4-3-7-23-13/h3-8H,9-10H2,1-2H3. The minimum atomic E-state index is -0.426. The molecule has 0 bridgehead atoms. The number of rotatable bonds is 7. The van der Waals surface area contributed by atoms with E-state index in [1.807, 2.05) is 0 Å². The van der Waals surface area contributed by atoms with Crippen LogP contribution in [0.1, 0.15) is 11.5 Å². The summed E-state index contributed by atoms with van der Waals surface area (Å²) in [6.07, 6.45) is 1.59. The maximum Gasteiger partial charge on any atom is 0.310 e. The highest BCUT2D eigenvalue weighted by Crippen LogP contribution is 2.27. The molecule has 0 amide bonds. The van der Waals surface area contributed by atoms with Crippen LogP contribution >= 0.6 is 0 Å². The molecule has 0 aliphatic heterocycles. The first-order valence-corrected chi connectivity index (χ1v) is 7.42. The minimum absolute atomic E-state index is 0.0829. The molecule has 25 heavy (non-hydrogen) atoms. The van der Waals surface area contributed by atoms with Gasteiger partial charge in [0.05, 0.1) is 26.9 Å². The first-order chi connectivity index (χ1) is 12.2. The van der Waals surface area contributed by atoms with E-state index in [1.54, 1.807) is 37.4 Å². The van der Waals surface area contributed by atoms with E-state index in [2.05, 4.69) is 10.2 Å². The second kappa shape index (κ2) is 7.52. The lowest BCUT2D eigenvalue weighted by Crippen LogP contribution is -2.08. The fourth-order valence-corrected chi connectivity index (χ4v) is 2.16. The van der Waals surface area contributed by atoms with Crippen LogP contribution in [0.3, 0.4) is 0 Å². The molecule has 0 spiro atoms. The SMILES string of the molecule is COc1ccc(CC(=O)OCc2nnc(-c3ccco3)o2)cc1OC. The lowest BCUT2D eigenvalue weighted by atomic mass is 10.1. The summed E-state index contributed by atoms with van der Waals surface area (Å²) in [4.78, 5) is 12.0. The van der Waals surface area contributed by atoms with Crippen molar-refractivity contribution >= 4 is 5.97 Å². The zero-order valence-electron chi connectivity index (χ0n) is 13.7. The predicted molar refractivity (Wildman–Crippen MR) is 85.0 cm³/mol. The summed E-state index contributed by atoms with van der Waals surface area (Å²) in [6, 6.07) is 8.63. The van der Waals surface area contributed by atoms with Gasteiger partial charge in [0.15, 0.2) is 23.9 Å². The van der Waals surface area contributed by atoms with Crippen molar-refractivity contribution in [2.75, 3.05) is 14.2 Å². The van der Waals surface area contributed by atoms with Gasteiger partial charge in [-0.05, 0) is 29.8 Å². The van der Waals surface area contributed by atoms with E-state index in [0.717, 1.165) is 5.56 Å². The highest BCUT2D eigenvalue weighted by molar-refractivity contribution is 5.72. The topological polar surface area (TPSA) is 96.8 Å². The van der Waals surface area contributed by atoms with Crippen molar-refractivity contribution in [1.29, 1.82) is 0 Å². The third-order valence-corrected chi connectivity index (χ3v) is 3.35. The zero-order chi connectivity index (χ0) is 17.6. The molecule has 3 aromatic rings. The number of methoxy groups -OCH3 is 2. The maximum absolute atomic E-state index is 12.0. The summed E-state index contributed by atoms with van der Waals surface area (Å²) >= 11 is 0. The number of ether oxygens (including phenoxy) is 3. The summed E-state index contributed by atoms with van der Waals surface area (Å²) in [5.74, 6) is 1.59. The molecule has 8 heteroatoms. The maximum atomic E-state index is 12.0. The summed E-state index contributed by atoms with van der Waals surface area (Å²) in [7, 11) is 3.08. The van der Waals surface area contributed by atoms with Crippen LogP contribution in [0.5, 0.6) is 11.5 Å². The summed E-state index contributed by atoms with van der Waals surface area (Å²) in [5, 5.41) is 7.64. The monoisotopic (exact) mass is 344 g/mol. The molecule has 2 heterocycles. The van der Waals surface area contributed by atoms with Crippen LogP contribution in [0.4, 0.5) is 0 Å². The molecule has 3 rings (SSSR count). The summed E-state index contributed by atoms with van der Waals surface area (Å²) < 4.78 is 26.0. The van der Waals surface area contributed by atoms with Crippen molar-refractivity contribution in [2.45, 2.75) is 13.0 Å². The smallest absolute Gasteiger partial charge is 0.310 e. The van der Waals surface area contributed by atoms with Gasteiger partial charge in [-0.25, -0.2) is 0 Å². The van der Waals surface area contributed by atoms with Gasteiger partial charge in [0.2, 0.25) is 0 Å². The first-order valence-electron chi connectivity index (χ1n) is 7.42. The first kappa shape index (κ1) is 16.6. The van der Waals surface area contributed by atoms with E-state index in [-0.39, 0.29) is 24.8 Å². The molecule has 2 aromatic heterocycles. The minimum Gasteiger partial charge on any atom is -0.493 e. The number of hydrogen-bond acceptors (Lipinski definition) is 8. The van der Waals surface area contributed by atoms with Gasteiger partial charge >= 0.3 is 5.97 Å². The molecule has 0 N–H and O–H groups in total. The molecular weight excluding hydrogens is 328 g/mol. The molecule has 0 unspecified atom stereocenters. The van der Waals surface area contributed by atoms with Crippen molar-refractivity contribution in [1.82, 2.24) is 10.2 Å².